The molecule has 0 nitrogen and oxygen atoms in total. The Morgan fingerprint density at radius 2 is 2.43 bits per heavy atom. The molecule has 1 unspecified atom stereocenters. The second-order valence-corrected chi connectivity index (χ2v) is 3.29. The second kappa shape index (κ2) is 4.62. The molecule has 0 spiro atoms. The van der Waals surface area contributed by atoms with E-state index in [1.165, 1.54) is 6.42 Å². The molecule has 42 valence electrons. The Bertz CT molecular complexity index is 50.1. The van der Waals surface area contributed by atoms with Crippen molar-refractivity contribution < 1.29 is 0 Å². The van der Waals surface area contributed by atoms with Crippen LogP contribution in [-0.4, -0.2) is 3.92 Å². The summed E-state index contributed by atoms with van der Waals surface area (Å²) < 4.78 is 0.801. The van der Waals surface area contributed by atoms with Gasteiger partial charge in [-0.25, -0.2) is 0 Å². The van der Waals surface area contributed by atoms with E-state index in [-0.39, 0.29) is 0 Å². The molecule has 0 heterocycles. The van der Waals surface area contributed by atoms with E-state index in [1.54, 1.807) is 0 Å². The number of hydrogen-bond acceptors (Lipinski definition) is 0. The first-order valence-corrected chi connectivity index (χ1v) is 3.80. The van der Waals surface area contributed by atoms with Crippen molar-refractivity contribution in [2.45, 2.75) is 23.7 Å². The van der Waals surface area contributed by atoms with Crippen LogP contribution in [0.5, 0.6) is 0 Å². The summed E-state index contributed by atoms with van der Waals surface area (Å²) in [6, 6.07) is 0. The topological polar surface area (TPSA) is 0 Å². The monoisotopic (exact) mass is 210 g/mol. The minimum absolute atomic E-state index is 0.801. The molecule has 0 aliphatic carbocycles. The molecule has 0 radical (unpaired) electrons. The lowest BCUT2D eigenvalue weighted by atomic mass is 10.2. The highest BCUT2D eigenvalue weighted by Gasteiger charge is 1.92. The highest BCUT2D eigenvalue weighted by Crippen LogP contribution is 2.08. The average molecular weight is 210 g/mol. The van der Waals surface area contributed by atoms with Gasteiger partial charge in [-0.3, -0.25) is 0 Å². The van der Waals surface area contributed by atoms with Gasteiger partial charge < -0.3 is 0 Å². The van der Waals surface area contributed by atoms with Crippen LogP contribution in [0.3, 0.4) is 0 Å². The number of rotatable bonds is 3. The predicted molar refractivity (Wildman–Crippen MR) is 42.9 cm³/mol. The summed E-state index contributed by atoms with van der Waals surface area (Å²) in [5.74, 6) is 0. The fraction of sp³-hybridized carbons (Fsp3) is 0.667. The van der Waals surface area contributed by atoms with Gasteiger partial charge in [0.05, 0.1) is 0 Å². The molecule has 0 aliphatic rings. The van der Waals surface area contributed by atoms with Crippen LogP contribution >= 0.6 is 22.6 Å². The maximum Gasteiger partial charge on any atom is 0.0141 e. The van der Waals surface area contributed by atoms with Crippen molar-refractivity contribution in [2.75, 3.05) is 0 Å². The first-order valence-electron chi connectivity index (χ1n) is 2.56. The van der Waals surface area contributed by atoms with E-state index in [0.29, 0.717) is 0 Å². The lowest BCUT2D eigenvalue weighted by molar-refractivity contribution is 0.867. The zero-order chi connectivity index (χ0) is 5.70. The third-order valence-corrected chi connectivity index (χ3v) is 2.25. The summed E-state index contributed by atoms with van der Waals surface area (Å²) in [5.41, 5.74) is 0. The van der Waals surface area contributed by atoms with E-state index in [1.807, 2.05) is 6.08 Å². The van der Waals surface area contributed by atoms with Crippen LogP contribution in [0.15, 0.2) is 12.7 Å². The Balaban J connectivity index is 2.98. The maximum atomic E-state index is 3.64. The van der Waals surface area contributed by atoms with E-state index >= 15 is 0 Å². The van der Waals surface area contributed by atoms with Gasteiger partial charge in [0, 0.05) is 3.92 Å². The summed E-state index contributed by atoms with van der Waals surface area (Å²) in [4.78, 5) is 0. The highest BCUT2D eigenvalue weighted by molar-refractivity contribution is 14.1. The van der Waals surface area contributed by atoms with Crippen molar-refractivity contribution in [1.29, 1.82) is 0 Å². The number of alkyl halides is 1. The average Bonchev–Trinajstić information content (AvgIpc) is 1.68. The van der Waals surface area contributed by atoms with Gasteiger partial charge in [-0.1, -0.05) is 35.6 Å². The van der Waals surface area contributed by atoms with Crippen LogP contribution in [-0.2, 0) is 0 Å². The van der Waals surface area contributed by atoms with Gasteiger partial charge in [-0.2, -0.15) is 0 Å². The van der Waals surface area contributed by atoms with Crippen molar-refractivity contribution in [1.82, 2.24) is 0 Å². The molecule has 0 saturated heterocycles. The minimum atomic E-state index is 0.801. The molecule has 0 fully saturated rings. The summed E-state index contributed by atoms with van der Waals surface area (Å²) in [5, 5.41) is 0. The second-order valence-electron chi connectivity index (χ2n) is 1.53. The smallest absolute Gasteiger partial charge is 0.0141 e. The quantitative estimate of drug-likeness (QED) is 0.381. The van der Waals surface area contributed by atoms with Crippen LogP contribution in [0.25, 0.3) is 0 Å². The summed E-state index contributed by atoms with van der Waals surface area (Å²) in [6.45, 7) is 5.84. The molecular formula is C6H11I. The molecule has 0 aromatic heterocycles. The van der Waals surface area contributed by atoms with Gasteiger partial charge in [0.2, 0.25) is 0 Å². The molecular weight excluding hydrogens is 199 g/mol. The van der Waals surface area contributed by atoms with Crippen LogP contribution in [0.2, 0.25) is 0 Å². The van der Waals surface area contributed by atoms with Crippen LogP contribution in [0.1, 0.15) is 19.8 Å². The van der Waals surface area contributed by atoms with E-state index < -0.39 is 0 Å². The van der Waals surface area contributed by atoms with Gasteiger partial charge in [0.15, 0.2) is 0 Å². The van der Waals surface area contributed by atoms with Gasteiger partial charge >= 0.3 is 0 Å². The van der Waals surface area contributed by atoms with Gasteiger partial charge in [0.25, 0.3) is 0 Å². The summed E-state index contributed by atoms with van der Waals surface area (Å²) in [6.07, 6.45) is 4.38. The molecule has 0 aliphatic heterocycles. The molecule has 0 rings (SSSR count). The molecule has 0 aromatic carbocycles. The van der Waals surface area contributed by atoms with E-state index in [0.717, 1.165) is 10.3 Å². The molecule has 0 amide bonds. The molecule has 7 heavy (non-hydrogen) atoms. The molecule has 1 heteroatoms. The SMILES string of the molecule is C=CCC(I)CC. The Morgan fingerprint density at radius 1 is 1.86 bits per heavy atom. The Labute approximate surface area is 59.1 Å². The van der Waals surface area contributed by atoms with Crippen molar-refractivity contribution in [3.63, 3.8) is 0 Å². The third kappa shape index (κ3) is 4.32. The third-order valence-electron chi connectivity index (χ3n) is 0.865. The fourth-order valence-electron chi connectivity index (χ4n) is 0.348. The molecule has 0 saturated carbocycles. The van der Waals surface area contributed by atoms with Crippen LogP contribution < -0.4 is 0 Å². The standard InChI is InChI=1S/C6H11I/c1-3-5-6(7)4-2/h3,6H,1,4-5H2,2H3. The summed E-state index contributed by atoms with van der Waals surface area (Å²) in [7, 11) is 0. The molecule has 0 aromatic rings. The van der Waals surface area contributed by atoms with Crippen molar-refractivity contribution >= 4 is 22.6 Å². The number of halogens is 1. The zero-order valence-corrected chi connectivity index (χ0v) is 6.81. The highest BCUT2D eigenvalue weighted by atomic mass is 127. The first kappa shape index (κ1) is 7.47. The maximum absolute atomic E-state index is 3.64. The Morgan fingerprint density at radius 3 is 2.57 bits per heavy atom. The van der Waals surface area contributed by atoms with Crippen molar-refractivity contribution in [3.05, 3.63) is 12.7 Å². The first-order chi connectivity index (χ1) is 3.31. The Hall–Kier alpha value is 0.470. The van der Waals surface area contributed by atoms with Crippen molar-refractivity contribution in [2.24, 2.45) is 0 Å². The summed E-state index contributed by atoms with van der Waals surface area (Å²) >= 11 is 2.43. The zero-order valence-electron chi connectivity index (χ0n) is 4.65. The molecule has 1 atom stereocenters. The van der Waals surface area contributed by atoms with Gasteiger partial charge in [-0.15, -0.1) is 6.58 Å². The lowest BCUT2D eigenvalue weighted by Gasteiger charge is -1.97. The predicted octanol–water partition coefficient (Wildman–Crippen LogP) is 2.78. The normalized spacial score (nSPS) is 13.4. The van der Waals surface area contributed by atoms with Crippen LogP contribution in [0, 0.1) is 0 Å². The Kier molecular flexibility index (Phi) is 4.94. The van der Waals surface area contributed by atoms with Gasteiger partial charge in [0.1, 0.15) is 0 Å². The van der Waals surface area contributed by atoms with Gasteiger partial charge in [-0.05, 0) is 12.8 Å². The number of hydrogen-bond donors (Lipinski definition) is 0. The minimum Gasteiger partial charge on any atom is -0.103 e. The van der Waals surface area contributed by atoms with E-state index in [4.69, 9.17) is 0 Å². The largest absolute Gasteiger partial charge is 0.103 e. The van der Waals surface area contributed by atoms with E-state index in [2.05, 4.69) is 36.1 Å². The van der Waals surface area contributed by atoms with E-state index in [9.17, 15) is 0 Å². The number of allylic oxidation sites excluding steroid dienone is 1. The molecule has 0 bridgehead atoms. The van der Waals surface area contributed by atoms with Crippen LogP contribution in [0.4, 0.5) is 0 Å². The molecule has 0 N–H and O–H groups in total. The lowest BCUT2D eigenvalue weighted by Crippen LogP contribution is -1.89. The van der Waals surface area contributed by atoms with Crippen molar-refractivity contribution in [3.8, 4) is 0 Å². The fourth-order valence-corrected chi connectivity index (χ4v) is 0.707.